The van der Waals surface area contributed by atoms with Crippen molar-refractivity contribution < 1.29 is 0 Å². The minimum Gasteiger partial charge on any atom is -0.354 e. The van der Waals surface area contributed by atoms with Gasteiger partial charge in [-0.05, 0) is 36.2 Å². The topological polar surface area (TPSA) is 29.0 Å². The monoisotopic (exact) mass is 333 g/mol. The van der Waals surface area contributed by atoms with E-state index < -0.39 is 0 Å². The number of rotatable bonds is 1. The lowest BCUT2D eigenvalue weighted by Gasteiger charge is -2.19. The fraction of sp³-hybridized carbons (Fsp3) is 0.600. The molecule has 0 spiro atoms. The Morgan fingerprint density at radius 3 is 2.67 bits per heavy atom. The molecule has 1 aromatic rings. The van der Waals surface area contributed by atoms with Crippen LogP contribution >= 0.6 is 31.9 Å². The van der Waals surface area contributed by atoms with Gasteiger partial charge in [-0.15, -0.1) is 0 Å². The van der Waals surface area contributed by atoms with Crippen molar-refractivity contribution in [1.29, 1.82) is 0 Å². The van der Waals surface area contributed by atoms with E-state index in [-0.39, 0.29) is 0 Å². The third-order valence-electron chi connectivity index (χ3n) is 2.54. The van der Waals surface area contributed by atoms with Crippen LogP contribution in [0.15, 0.2) is 4.47 Å². The van der Waals surface area contributed by atoms with Crippen molar-refractivity contribution in [1.82, 2.24) is 9.97 Å². The van der Waals surface area contributed by atoms with E-state index in [0.717, 1.165) is 34.9 Å². The number of aryl methyl sites for hydroxylation is 2. The van der Waals surface area contributed by atoms with Crippen LogP contribution in [-0.2, 0) is 0 Å². The molecule has 82 valence electrons. The Kier molecular flexibility index (Phi) is 3.30. The van der Waals surface area contributed by atoms with Crippen LogP contribution in [0.1, 0.15) is 17.9 Å². The average Bonchev–Trinajstić information content (AvgIpc) is 2.58. The Balaban J connectivity index is 2.35. The summed E-state index contributed by atoms with van der Waals surface area (Å²) in [6.07, 6.45) is 1.18. The third kappa shape index (κ3) is 2.33. The van der Waals surface area contributed by atoms with E-state index in [1.54, 1.807) is 0 Å². The number of aromatic nitrogens is 2. The summed E-state index contributed by atoms with van der Waals surface area (Å²) in [4.78, 5) is 11.7. The molecule has 2 rings (SSSR count). The highest BCUT2D eigenvalue weighted by atomic mass is 79.9. The molecule has 0 radical (unpaired) electrons. The molecule has 5 heteroatoms. The Morgan fingerprint density at radius 1 is 1.33 bits per heavy atom. The molecule has 1 atom stereocenters. The van der Waals surface area contributed by atoms with E-state index in [4.69, 9.17) is 0 Å². The van der Waals surface area contributed by atoms with Crippen molar-refractivity contribution in [2.45, 2.75) is 25.1 Å². The van der Waals surface area contributed by atoms with E-state index in [1.165, 1.54) is 6.42 Å². The molecule has 0 bridgehead atoms. The Morgan fingerprint density at radius 2 is 2.07 bits per heavy atom. The molecular weight excluding hydrogens is 322 g/mol. The normalized spacial score (nSPS) is 21.1. The summed E-state index contributed by atoms with van der Waals surface area (Å²) in [5.41, 5.74) is 1.01. The van der Waals surface area contributed by atoms with Crippen LogP contribution in [0.4, 0.5) is 5.82 Å². The van der Waals surface area contributed by atoms with Gasteiger partial charge in [0.05, 0.1) is 10.2 Å². The molecule has 1 unspecified atom stereocenters. The molecule has 0 aromatic carbocycles. The summed E-state index contributed by atoms with van der Waals surface area (Å²) >= 11 is 7.20. The van der Waals surface area contributed by atoms with Crippen LogP contribution < -0.4 is 4.90 Å². The lowest BCUT2D eigenvalue weighted by Crippen LogP contribution is -2.22. The minimum atomic E-state index is 0.583. The van der Waals surface area contributed by atoms with Crippen LogP contribution in [-0.4, -0.2) is 27.9 Å². The van der Waals surface area contributed by atoms with Crippen LogP contribution in [0.2, 0.25) is 0 Å². The van der Waals surface area contributed by atoms with Crippen molar-refractivity contribution in [3.05, 3.63) is 16.0 Å². The molecule has 0 aliphatic carbocycles. The molecule has 1 aromatic heterocycles. The van der Waals surface area contributed by atoms with Crippen molar-refractivity contribution in [3.8, 4) is 0 Å². The highest BCUT2D eigenvalue weighted by Gasteiger charge is 2.23. The zero-order valence-corrected chi connectivity index (χ0v) is 12.0. The fourth-order valence-corrected chi connectivity index (χ4v) is 2.78. The summed E-state index contributed by atoms with van der Waals surface area (Å²) in [7, 11) is 0. The molecule has 15 heavy (non-hydrogen) atoms. The van der Waals surface area contributed by atoms with Gasteiger partial charge in [-0.1, -0.05) is 15.9 Å². The molecule has 0 saturated carbocycles. The van der Waals surface area contributed by atoms with E-state index in [0.29, 0.717) is 4.83 Å². The second kappa shape index (κ2) is 4.37. The largest absolute Gasteiger partial charge is 0.354 e. The van der Waals surface area contributed by atoms with E-state index >= 15 is 0 Å². The molecule has 0 N–H and O–H groups in total. The van der Waals surface area contributed by atoms with Crippen LogP contribution in [0, 0.1) is 13.8 Å². The molecule has 0 amide bonds. The SMILES string of the molecule is Cc1nc(C)c(Br)c(N2CCC(Br)C2)n1. The second-order valence-corrected chi connectivity index (χ2v) is 5.91. The summed E-state index contributed by atoms with van der Waals surface area (Å²) in [6, 6.07) is 0. The first-order valence-corrected chi connectivity index (χ1v) is 6.68. The first kappa shape index (κ1) is 11.3. The molecule has 1 aliphatic heterocycles. The molecule has 3 nitrogen and oxygen atoms in total. The summed E-state index contributed by atoms with van der Waals surface area (Å²) < 4.78 is 1.02. The fourth-order valence-electron chi connectivity index (χ4n) is 1.80. The number of nitrogens with zero attached hydrogens (tertiary/aromatic N) is 3. The predicted octanol–water partition coefficient (Wildman–Crippen LogP) is 2.83. The number of hydrogen-bond donors (Lipinski definition) is 0. The lowest BCUT2D eigenvalue weighted by atomic mass is 10.4. The maximum Gasteiger partial charge on any atom is 0.146 e. The zero-order valence-electron chi connectivity index (χ0n) is 8.80. The Hall–Kier alpha value is -0.160. The molecule has 2 heterocycles. The number of anilines is 1. The number of alkyl halides is 1. The lowest BCUT2D eigenvalue weighted by molar-refractivity contribution is 0.892. The van der Waals surface area contributed by atoms with Gasteiger partial charge >= 0.3 is 0 Å². The molecule has 1 fully saturated rings. The zero-order chi connectivity index (χ0) is 11.0. The smallest absolute Gasteiger partial charge is 0.146 e. The highest BCUT2D eigenvalue weighted by Crippen LogP contribution is 2.30. The van der Waals surface area contributed by atoms with Crippen LogP contribution in [0.3, 0.4) is 0 Å². The summed E-state index contributed by atoms with van der Waals surface area (Å²) in [5.74, 6) is 1.87. The van der Waals surface area contributed by atoms with Gasteiger partial charge in [0.1, 0.15) is 11.6 Å². The van der Waals surface area contributed by atoms with Gasteiger partial charge in [0.2, 0.25) is 0 Å². The number of halogens is 2. The van der Waals surface area contributed by atoms with E-state index in [1.807, 2.05) is 13.8 Å². The first-order chi connectivity index (χ1) is 7.08. The highest BCUT2D eigenvalue weighted by molar-refractivity contribution is 9.10. The van der Waals surface area contributed by atoms with Crippen molar-refractivity contribution in [3.63, 3.8) is 0 Å². The van der Waals surface area contributed by atoms with Gasteiger partial charge in [-0.3, -0.25) is 0 Å². The quantitative estimate of drug-likeness (QED) is 0.739. The van der Waals surface area contributed by atoms with Crippen molar-refractivity contribution >= 4 is 37.7 Å². The summed E-state index contributed by atoms with van der Waals surface area (Å²) in [6.45, 7) is 6.02. The van der Waals surface area contributed by atoms with Gasteiger partial charge in [0.15, 0.2) is 0 Å². The van der Waals surface area contributed by atoms with Crippen molar-refractivity contribution in [2.24, 2.45) is 0 Å². The average molecular weight is 335 g/mol. The predicted molar refractivity (Wildman–Crippen MR) is 68.8 cm³/mol. The second-order valence-electron chi connectivity index (χ2n) is 3.83. The van der Waals surface area contributed by atoms with E-state index in [9.17, 15) is 0 Å². The van der Waals surface area contributed by atoms with Crippen molar-refractivity contribution in [2.75, 3.05) is 18.0 Å². The van der Waals surface area contributed by atoms with Gasteiger partial charge in [-0.2, -0.15) is 0 Å². The molecular formula is C10H13Br2N3. The van der Waals surface area contributed by atoms with Crippen LogP contribution in [0.5, 0.6) is 0 Å². The van der Waals surface area contributed by atoms with Gasteiger partial charge in [-0.25, -0.2) is 9.97 Å². The first-order valence-electron chi connectivity index (χ1n) is 4.97. The molecule has 1 aliphatic rings. The van der Waals surface area contributed by atoms with Gasteiger partial charge in [0, 0.05) is 17.9 Å². The standard InChI is InChI=1S/C10H13Br2N3/c1-6-9(12)10(14-7(2)13-6)15-4-3-8(11)5-15/h8H,3-5H2,1-2H3. The Labute approximate surface area is 107 Å². The third-order valence-corrected chi connectivity index (χ3v) is 4.22. The van der Waals surface area contributed by atoms with E-state index in [2.05, 4.69) is 46.7 Å². The summed E-state index contributed by atoms with van der Waals surface area (Å²) in [5, 5.41) is 0. The van der Waals surface area contributed by atoms with Gasteiger partial charge in [0.25, 0.3) is 0 Å². The minimum absolute atomic E-state index is 0.583. The molecule has 1 saturated heterocycles. The maximum atomic E-state index is 4.50. The maximum absolute atomic E-state index is 4.50. The number of hydrogen-bond acceptors (Lipinski definition) is 3. The van der Waals surface area contributed by atoms with Gasteiger partial charge < -0.3 is 4.90 Å². The van der Waals surface area contributed by atoms with Crippen LogP contribution in [0.25, 0.3) is 0 Å². The Bertz CT molecular complexity index is 381.